The number of carbonyl (C=O) groups is 2. The van der Waals surface area contributed by atoms with E-state index in [1.54, 1.807) is 24.3 Å². The number of halogens is 3. The lowest BCUT2D eigenvalue weighted by Gasteiger charge is -2.23. The number of hydrogen-bond acceptors (Lipinski definition) is 4. The summed E-state index contributed by atoms with van der Waals surface area (Å²) in [5.41, 5.74) is 2.15. The largest absolute Gasteiger partial charge is 0.411 e. The zero-order valence-corrected chi connectivity index (χ0v) is 16.1. The Labute approximate surface area is 170 Å². The number of alkyl halides is 3. The summed E-state index contributed by atoms with van der Waals surface area (Å²) < 4.78 is 40.8. The van der Waals surface area contributed by atoms with Crippen molar-refractivity contribution >= 4 is 29.3 Å². The predicted molar refractivity (Wildman–Crippen MR) is 103 cm³/mol. The lowest BCUT2D eigenvalue weighted by Crippen LogP contribution is -2.34. The fourth-order valence-electron chi connectivity index (χ4n) is 2.71. The van der Waals surface area contributed by atoms with Crippen LogP contribution in [0, 0.1) is 0 Å². The van der Waals surface area contributed by atoms with Crippen molar-refractivity contribution in [1.82, 2.24) is 5.32 Å². The summed E-state index contributed by atoms with van der Waals surface area (Å²) in [6, 6.07) is 14.1. The van der Waals surface area contributed by atoms with Crippen LogP contribution in [-0.2, 0) is 27.5 Å². The van der Waals surface area contributed by atoms with E-state index in [4.69, 9.17) is 0 Å². The Morgan fingerprint density at radius 2 is 1.79 bits per heavy atom. The topological polar surface area (TPSA) is 67.4 Å². The lowest BCUT2D eigenvalue weighted by atomic mass is 10.1. The molecule has 0 saturated carbocycles. The number of hydrogen-bond donors (Lipinski definition) is 2. The number of anilines is 1. The zero-order chi connectivity index (χ0) is 20.9. The molecule has 2 N–H and O–H groups in total. The van der Waals surface area contributed by atoms with Gasteiger partial charge in [-0.05, 0) is 23.3 Å². The van der Waals surface area contributed by atoms with Crippen LogP contribution in [0.25, 0.3) is 0 Å². The molecule has 0 bridgehead atoms. The van der Waals surface area contributed by atoms with Gasteiger partial charge >= 0.3 is 6.18 Å². The van der Waals surface area contributed by atoms with E-state index in [1.807, 2.05) is 24.3 Å². The van der Waals surface area contributed by atoms with Gasteiger partial charge in [0.1, 0.15) is 6.61 Å². The quantitative estimate of drug-likeness (QED) is 0.708. The third-order valence-electron chi connectivity index (χ3n) is 4.12. The standard InChI is InChI=1S/C20H19F3N2O3S/c21-20(22,23)12-28-11-14-7-5-13(6-8-14)10-24-18(26)9-17-19(27)25-15-3-1-2-4-16(15)29-17/h1-8,17H,9-12H2,(H,24,26)(H,25,27). The number of thioether (sulfide) groups is 1. The summed E-state index contributed by atoms with van der Waals surface area (Å²) >= 11 is 1.36. The van der Waals surface area contributed by atoms with Crippen LogP contribution >= 0.6 is 11.8 Å². The molecule has 1 unspecified atom stereocenters. The molecule has 2 aromatic carbocycles. The van der Waals surface area contributed by atoms with E-state index in [0.717, 1.165) is 16.1 Å². The van der Waals surface area contributed by atoms with E-state index < -0.39 is 18.0 Å². The van der Waals surface area contributed by atoms with Crippen molar-refractivity contribution in [2.75, 3.05) is 11.9 Å². The first kappa shape index (κ1) is 21.2. The van der Waals surface area contributed by atoms with Crippen LogP contribution in [0.5, 0.6) is 0 Å². The second-order valence-electron chi connectivity index (χ2n) is 6.50. The number of fused-ring (bicyclic) bond motifs is 1. The highest BCUT2D eigenvalue weighted by Gasteiger charge is 2.29. The second-order valence-corrected chi connectivity index (χ2v) is 7.74. The van der Waals surface area contributed by atoms with E-state index >= 15 is 0 Å². The molecule has 1 aliphatic heterocycles. The molecule has 0 aromatic heterocycles. The maximum absolute atomic E-state index is 12.2. The number of nitrogens with one attached hydrogen (secondary N) is 2. The van der Waals surface area contributed by atoms with Gasteiger partial charge in [-0.15, -0.1) is 11.8 Å². The first-order chi connectivity index (χ1) is 13.8. The van der Waals surface area contributed by atoms with Gasteiger partial charge in [-0.3, -0.25) is 9.59 Å². The van der Waals surface area contributed by atoms with Gasteiger partial charge in [0.25, 0.3) is 0 Å². The molecule has 0 aliphatic carbocycles. The molecule has 29 heavy (non-hydrogen) atoms. The van der Waals surface area contributed by atoms with Gasteiger partial charge in [-0.1, -0.05) is 36.4 Å². The van der Waals surface area contributed by atoms with E-state index in [9.17, 15) is 22.8 Å². The minimum absolute atomic E-state index is 0.0498. The van der Waals surface area contributed by atoms with E-state index in [0.29, 0.717) is 5.56 Å². The average molecular weight is 424 g/mol. The van der Waals surface area contributed by atoms with Crippen LogP contribution in [0.1, 0.15) is 17.5 Å². The maximum Gasteiger partial charge on any atom is 0.411 e. The van der Waals surface area contributed by atoms with Crippen molar-refractivity contribution in [3.8, 4) is 0 Å². The summed E-state index contributed by atoms with van der Waals surface area (Å²) in [6.07, 6.45) is -4.30. The fourth-order valence-corrected chi connectivity index (χ4v) is 3.82. The van der Waals surface area contributed by atoms with Gasteiger partial charge in [0, 0.05) is 17.9 Å². The minimum Gasteiger partial charge on any atom is -0.367 e. The molecule has 2 amide bonds. The summed E-state index contributed by atoms with van der Waals surface area (Å²) in [6.45, 7) is -1.16. The molecule has 1 aliphatic rings. The van der Waals surface area contributed by atoms with Gasteiger partial charge in [0.2, 0.25) is 11.8 Å². The first-order valence-electron chi connectivity index (χ1n) is 8.86. The highest BCUT2D eigenvalue weighted by atomic mass is 32.2. The Morgan fingerprint density at radius 1 is 1.10 bits per heavy atom. The number of ether oxygens (including phenoxy) is 1. The van der Waals surface area contributed by atoms with Gasteiger partial charge < -0.3 is 15.4 Å². The normalized spacial score (nSPS) is 16.1. The van der Waals surface area contributed by atoms with Crippen molar-refractivity contribution in [2.24, 2.45) is 0 Å². The number of rotatable bonds is 7. The van der Waals surface area contributed by atoms with Crippen molar-refractivity contribution in [1.29, 1.82) is 0 Å². The van der Waals surface area contributed by atoms with Crippen molar-refractivity contribution in [2.45, 2.75) is 35.9 Å². The van der Waals surface area contributed by atoms with E-state index in [-0.39, 0.29) is 31.4 Å². The number of amides is 2. The average Bonchev–Trinajstić information content (AvgIpc) is 2.67. The molecule has 0 fully saturated rings. The van der Waals surface area contributed by atoms with Gasteiger partial charge in [0.05, 0.1) is 17.5 Å². The van der Waals surface area contributed by atoms with Crippen LogP contribution in [0.2, 0.25) is 0 Å². The third kappa shape index (κ3) is 6.50. The molecule has 3 rings (SSSR count). The van der Waals surface area contributed by atoms with Crippen LogP contribution in [0.4, 0.5) is 18.9 Å². The maximum atomic E-state index is 12.2. The Morgan fingerprint density at radius 3 is 2.52 bits per heavy atom. The smallest absolute Gasteiger partial charge is 0.367 e. The van der Waals surface area contributed by atoms with Crippen LogP contribution in [-0.4, -0.2) is 29.8 Å². The molecule has 0 radical (unpaired) electrons. The fraction of sp³-hybridized carbons (Fsp3) is 0.300. The molecule has 1 heterocycles. The highest BCUT2D eigenvalue weighted by molar-refractivity contribution is 8.01. The van der Waals surface area contributed by atoms with Crippen molar-refractivity contribution in [3.05, 3.63) is 59.7 Å². The Kier molecular flexibility index (Phi) is 6.81. The Bertz CT molecular complexity index is 872. The molecule has 0 saturated heterocycles. The summed E-state index contributed by atoms with van der Waals surface area (Å²) in [5.74, 6) is -0.457. The zero-order valence-electron chi connectivity index (χ0n) is 15.3. The molecule has 9 heteroatoms. The number of benzene rings is 2. The Balaban J connectivity index is 1.44. The molecule has 1 atom stereocenters. The predicted octanol–water partition coefficient (Wildman–Crippen LogP) is 3.88. The highest BCUT2D eigenvalue weighted by Crippen LogP contribution is 2.36. The number of carbonyl (C=O) groups excluding carboxylic acids is 2. The monoisotopic (exact) mass is 424 g/mol. The van der Waals surface area contributed by atoms with Crippen molar-refractivity contribution in [3.63, 3.8) is 0 Å². The molecule has 2 aromatic rings. The minimum atomic E-state index is -4.35. The SMILES string of the molecule is O=C(CC1Sc2ccccc2NC1=O)NCc1ccc(COCC(F)(F)F)cc1. The van der Waals surface area contributed by atoms with Crippen LogP contribution in [0.15, 0.2) is 53.4 Å². The second kappa shape index (κ2) is 9.32. The van der Waals surface area contributed by atoms with Gasteiger partial charge in [-0.2, -0.15) is 13.2 Å². The number of para-hydroxylation sites is 1. The molecule has 5 nitrogen and oxygen atoms in total. The summed E-state index contributed by atoms with van der Waals surface area (Å²) in [4.78, 5) is 25.3. The van der Waals surface area contributed by atoms with Crippen LogP contribution < -0.4 is 10.6 Å². The first-order valence-corrected chi connectivity index (χ1v) is 9.74. The van der Waals surface area contributed by atoms with Crippen LogP contribution in [0.3, 0.4) is 0 Å². The van der Waals surface area contributed by atoms with E-state index in [1.165, 1.54) is 11.8 Å². The molecule has 0 spiro atoms. The Hall–Kier alpha value is -2.52. The molecule has 154 valence electrons. The van der Waals surface area contributed by atoms with Gasteiger partial charge in [0.15, 0.2) is 0 Å². The molecular weight excluding hydrogens is 405 g/mol. The van der Waals surface area contributed by atoms with E-state index in [2.05, 4.69) is 15.4 Å². The van der Waals surface area contributed by atoms with Crippen molar-refractivity contribution < 1.29 is 27.5 Å². The molecular formula is C20H19F3N2O3S. The van der Waals surface area contributed by atoms with Gasteiger partial charge in [-0.25, -0.2) is 0 Å². The summed E-state index contributed by atoms with van der Waals surface area (Å²) in [7, 11) is 0. The lowest BCUT2D eigenvalue weighted by molar-refractivity contribution is -0.176. The third-order valence-corrected chi connectivity index (χ3v) is 5.40. The summed E-state index contributed by atoms with van der Waals surface area (Å²) in [5, 5.41) is 5.06.